The van der Waals surface area contributed by atoms with E-state index < -0.39 is 0 Å². The molecule has 1 fully saturated rings. The molecule has 1 heterocycles. The molecule has 39 heavy (non-hydrogen) atoms. The first-order valence-corrected chi connectivity index (χ1v) is 15.5. The Hall–Kier alpha value is -0.980. The second kappa shape index (κ2) is 15.3. The third-order valence-corrected chi connectivity index (χ3v) is 7.51. The average molecular weight is 546 g/mol. The van der Waals surface area contributed by atoms with Crippen LogP contribution >= 0.6 is 0 Å². The van der Waals surface area contributed by atoms with Crippen LogP contribution in [0.4, 0.5) is 0 Å². The first kappa shape index (κ1) is 34.2. The second-order valence-corrected chi connectivity index (χ2v) is 15.7. The number of benzene rings is 1. The normalized spacial score (nSPS) is 16.7. The van der Waals surface area contributed by atoms with Gasteiger partial charge in [-0.2, -0.15) is 0 Å². The molecule has 0 atom stereocenters. The van der Waals surface area contributed by atoms with Gasteiger partial charge in [0.15, 0.2) is 0 Å². The highest BCUT2D eigenvalue weighted by Gasteiger charge is 2.28. The van der Waals surface area contributed by atoms with Crippen LogP contribution in [0, 0.1) is 10.8 Å². The van der Waals surface area contributed by atoms with Crippen LogP contribution in [0.3, 0.4) is 0 Å². The summed E-state index contributed by atoms with van der Waals surface area (Å²) >= 11 is 0. The minimum Gasteiger partial charge on any atom is -0.381 e. The summed E-state index contributed by atoms with van der Waals surface area (Å²) in [5.74, 6) is 0. The number of piperidine rings is 1. The lowest BCUT2D eigenvalue weighted by Gasteiger charge is -2.39. The number of ether oxygens (including phenoxy) is 2. The van der Waals surface area contributed by atoms with Crippen LogP contribution in [0.15, 0.2) is 24.3 Å². The molecule has 0 radical (unpaired) electrons. The minimum atomic E-state index is 0.0921. The van der Waals surface area contributed by atoms with Gasteiger partial charge >= 0.3 is 0 Å². The Balaban J connectivity index is 1.64. The van der Waals surface area contributed by atoms with Crippen molar-refractivity contribution in [1.82, 2.24) is 15.5 Å². The summed E-state index contributed by atoms with van der Waals surface area (Å²) in [7, 11) is 0. The Morgan fingerprint density at radius 2 is 1.23 bits per heavy atom. The third-order valence-electron chi connectivity index (χ3n) is 7.51. The molecular weight excluding hydrogens is 482 g/mol. The number of likely N-dealkylation sites (tertiary alicyclic amines) is 1. The molecule has 1 aromatic rings. The summed E-state index contributed by atoms with van der Waals surface area (Å²) in [5.41, 5.74) is 3.40. The van der Waals surface area contributed by atoms with Gasteiger partial charge in [0.1, 0.15) is 0 Å². The van der Waals surface area contributed by atoms with E-state index in [0.717, 1.165) is 58.8 Å². The van der Waals surface area contributed by atoms with Crippen molar-refractivity contribution in [3.8, 4) is 0 Å². The lowest BCUT2D eigenvalue weighted by atomic mass is 9.88. The minimum absolute atomic E-state index is 0.0921. The van der Waals surface area contributed by atoms with Gasteiger partial charge in [-0.3, -0.25) is 0 Å². The molecule has 5 heteroatoms. The van der Waals surface area contributed by atoms with Crippen LogP contribution in [0.5, 0.6) is 0 Å². The zero-order chi connectivity index (χ0) is 29.2. The monoisotopic (exact) mass is 545 g/mol. The molecule has 0 saturated carbocycles. The summed E-state index contributed by atoms with van der Waals surface area (Å²) in [6.45, 7) is 30.3. The van der Waals surface area contributed by atoms with Crippen LogP contribution in [-0.2, 0) is 22.4 Å². The van der Waals surface area contributed by atoms with Crippen molar-refractivity contribution in [2.45, 2.75) is 125 Å². The van der Waals surface area contributed by atoms with Gasteiger partial charge in [0.25, 0.3) is 0 Å². The maximum Gasteiger partial charge on any atom is 0.0593 e. The molecule has 1 aromatic carbocycles. The Morgan fingerprint density at radius 3 is 1.79 bits per heavy atom. The smallest absolute Gasteiger partial charge is 0.0593 e. The van der Waals surface area contributed by atoms with Crippen LogP contribution in [0.25, 0.3) is 0 Å². The zero-order valence-corrected chi connectivity index (χ0v) is 27.3. The zero-order valence-electron chi connectivity index (χ0n) is 27.3. The molecule has 1 aliphatic rings. The predicted octanol–water partition coefficient (Wildman–Crippen LogP) is 6.84. The number of hydrogen-bond donors (Lipinski definition) is 2. The molecular formula is C34H63N3O2. The molecule has 0 unspecified atom stereocenters. The summed E-state index contributed by atoms with van der Waals surface area (Å²) < 4.78 is 11.7. The van der Waals surface area contributed by atoms with E-state index in [2.05, 4.69) is 109 Å². The topological polar surface area (TPSA) is 45.8 Å². The van der Waals surface area contributed by atoms with E-state index in [9.17, 15) is 0 Å². The summed E-state index contributed by atoms with van der Waals surface area (Å²) in [6.07, 6.45) is 5.72. The van der Waals surface area contributed by atoms with Gasteiger partial charge in [0, 0.05) is 30.2 Å². The molecule has 2 rings (SSSR count). The van der Waals surface area contributed by atoms with Crippen LogP contribution in [-0.4, -0.2) is 68.1 Å². The van der Waals surface area contributed by atoms with E-state index in [1.165, 1.54) is 37.1 Å². The fourth-order valence-electron chi connectivity index (χ4n) is 4.94. The van der Waals surface area contributed by atoms with Gasteiger partial charge in [-0.05, 0) is 94.8 Å². The van der Waals surface area contributed by atoms with E-state index in [1.54, 1.807) is 0 Å². The van der Waals surface area contributed by atoms with Crippen molar-refractivity contribution in [1.29, 1.82) is 0 Å². The number of hydrogen-bond acceptors (Lipinski definition) is 5. The highest BCUT2D eigenvalue weighted by Crippen LogP contribution is 2.23. The van der Waals surface area contributed by atoms with E-state index >= 15 is 0 Å². The Bertz CT molecular complexity index is 797. The van der Waals surface area contributed by atoms with Crippen molar-refractivity contribution >= 4 is 0 Å². The molecule has 226 valence electrons. The van der Waals surface area contributed by atoms with Crippen molar-refractivity contribution in [3.05, 3.63) is 35.4 Å². The molecule has 1 aliphatic heterocycles. The summed E-state index contributed by atoms with van der Waals surface area (Å²) in [6, 6.07) is 9.64. The number of nitrogens with one attached hydrogen (secondary N) is 2. The standard InChI is InChI=1S/C34H63N3O2/c1-31(2,3)26-38-23-17-28-11-13-29(14-12-28)25-35-33(7,8)18-19-34(9,10)36-30-15-20-37(21-16-30)22-24-39-27-32(4,5)6/h11-14,30,35-36H,15-27H2,1-10H3. The fourth-order valence-corrected chi connectivity index (χ4v) is 4.94. The van der Waals surface area contributed by atoms with Crippen molar-refractivity contribution in [2.75, 3.05) is 46.1 Å². The van der Waals surface area contributed by atoms with E-state index in [0.29, 0.717) is 6.04 Å². The average Bonchev–Trinajstić information content (AvgIpc) is 2.83. The Morgan fingerprint density at radius 1 is 0.718 bits per heavy atom. The highest BCUT2D eigenvalue weighted by atomic mass is 16.5. The van der Waals surface area contributed by atoms with Crippen molar-refractivity contribution in [3.63, 3.8) is 0 Å². The largest absolute Gasteiger partial charge is 0.381 e. The van der Waals surface area contributed by atoms with Gasteiger partial charge in [-0.25, -0.2) is 0 Å². The van der Waals surface area contributed by atoms with Crippen LogP contribution < -0.4 is 10.6 Å². The van der Waals surface area contributed by atoms with Gasteiger partial charge in [0.2, 0.25) is 0 Å². The predicted molar refractivity (Wildman–Crippen MR) is 168 cm³/mol. The van der Waals surface area contributed by atoms with Gasteiger partial charge in [0.05, 0.1) is 26.4 Å². The first-order chi connectivity index (χ1) is 18.0. The van der Waals surface area contributed by atoms with Gasteiger partial charge < -0.3 is 25.0 Å². The van der Waals surface area contributed by atoms with Gasteiger partial charge in [-0.1, -0.05) is 65.8 Å². The molecule has 0 spiro atoms. The Kier molecular flexibility index (Phi) is 13.4. The molecule has 0 aliphatic carbocycles. The van der Waals surface area contributed by atoms with Gasteiger partial charge in [-0.15, -0.1) is 0 Å². The van der Waals surface area contributed by atoms with Crippen LogP contribution in [0.1, 0.15) is 106 Å². The molecule has 0 aromatic heterocycles. The lowest BCUT2D eigenvalue weighted by molar-refractivity contribution is 0.0482. The summed E-state index contributed by atoms with van der Waals surface area (Å²) in [4.78, 5) is 2.56. The molecule has 1 saturated heterocycles. The maximum atomic E-state index is 5.88. The molecule has 2 N–H and O–H groups in total. The first-order valence-electron chi connectivity index (χ1n) is 15.5. The SMILES string of the molecule is CC(C)(C)COCCc1ccc(CNC(C)(C)CCC(C)(C)NC2CCN(CCOCC(C)(C)C)CC2)cc1. The van der Waals surface area contributed by atoms with E-state index in [-0.39, 0.29) is 21.9 Å². The lowest BCUT2D eigenvalue weighted by Crippen LogP contribution is -2.52. The van der Waals surface area contributed by atoms with Crippen molar-refractivity contribution in [2.24, 2.45) is 10.8 Å². The summed E-state index contributed by atoms with van der Waals surface area (Å²) in [5, 5.41) is 7.80. The maximum absolute atomic E-state index is 5.88. The van der Waals surface area contributed by atoms with Crippen molar-refractivity contribution < 1.29 is 9.47 Å². The third kappa shape index (κ3) is 16.2. The number of rotatable bonds is 16. The van der Waals surface area contributed by atoms with Crippen LogP contribution in [0.2, 0.25) is 0 Å². The molecule has 0 bridgehead atoms. The number of nitrogens with zero attached hydrogens (tertiary/aromatic N) is 1. The molecule has 5 nitrogen and oxygen atoms in total. The highest BCUT2D eigenvalue weighted by molar-refractivity contribution is 5.22. The van der Waals surface area contributed by atoms with E-state index in [1.807, 2.05) is 0 Å². The quantitative estimate of drug-likeness (QED) is 0.223. The molecule has 0 amide bonds. The van der Waals surface area contributed by atoms with E-state index in [4.69, 9.17) is 9.47 Å². The fraction of sp³-hybridized carbons (Fsp3) is 0.824. The Labute approximate surface area is 242 Å². The second-order valence-electron chi connectivity index (χ2n) is 15.7.